The molecule has 0 bridgehead atoms. The Balaban J connectivity index is 3.03. The molecule has 2 nitrogen and oxygen atoms in total. The van der Waals surface area contributed by atoms with Crippen molar-refractivity contribution in [1.82, 2.24) is 4.57 Å². The molecule has 0 aliphatic heterocycles. The zero-order valence-electron chi connectivity index (χ0n) is 11.0. The highest BCUT2D eigenvalue weighted by molar-refractivity contribution is 7.98. The van der Waals surface area contributed by atoms with Gasteiger partial charge in [-0.25, -0.2) is 0 Å². The summed E-state index contributed by atoms with van der Waals surface area (Å²) in [7, 11) is 0. The van der Waals surface area contributed by atoms with Crippen LogP contribution in [0.3, 0.4) is 0 Å². The maximum absolute atomic E-state index is 12.2. The van der Waals surface area contributed by atoms with Crippen molar-refractivity contribution in [1.29, 1.82) is 0 Å². The molecule has 18 heavy (non-hydrogen) atoms. The van der Waals surface area contributed by atoms with E-state index in [1.165, 1.54) is 0 Å². The second-order valence-corrected chi connectivity index (χ2v) is 5.93. The molecule has 0 saturated carbocycles. The fraction of sp³-hybridized carbons (Fsp3) is 0.357. The Morgan fingerprint density at radius 2 is 2.00 bits per heavy atom. The Labute approximate surface area is 116 Å². The van der Waals surface area contributed by atoms with E-state index in [2.05, 4.69) is 18.4 Å². The molecule has 96 valence electrons. The summed E-state index contributed by atoms with van der Waals surface area (Å²) in [6.45, 7) is 6.07. The molecule has 0 atom stereocenters. The number of thioether (sulfide) groups is 1. The molecule has 0 unspecified atom stereocenters. The average molecular weight is 282 g/mol. The topological polar surface area (TPSA) is 22.0 Å². The molecule has 0 spiro atoms. The minimum absolute atomic E-state index is 0.0692. The summed E-state index contributed by atoms with van der Waals surface area (Å²) in [5.74, 6) is 0. The maximum atomic E-state index is 12.2. The van der Waals surface area contributed by atoms with Gasteiger partial charge in [-0.3, -0.25) is 4.79 Å². The Bertz CT molecular complexity index is 661. The van der Waals surface area contributed by atoms with Gasteiger partial charge >= 0.3 is 0 Å². The standard InChI is InChI=1S/C14H16ClNOS/c1-8(2)16-7-9(3)14(17)11-5-10(15)6-12(18-4)13(11)16/h5-8H,1-4H3. The van der Waals surface area contributed by atoms with E-state index in [4.69, 9.17) is 11.6 Å². The van der Waals surface area contributed by atoms with E-state index in [0.29, 0.717) is 16.5 Å². The van der Waals surface area contributed by atoms with Gasteiger partial charge in [-0.15, -0.1) is 11.8 Å². The number of fused-ring (bicyclic) bond motifs is 1. The number of nitrogens with zero attached hydrogens (tertiary/aromatic N) is 1. The van der Waals surface area contributed by atoms with Gasteiger partial charge in [0.05, 0.1) is 5.52 Å². The summed E-state index contributed by atoms with van der Waals surface area (Å²) in [5.41, 5.74) is 1.81. The van der Waals surface area contributed by atoms with Gasteiger partial charge in [0.15, 0.2) is 5.43 Å². The number of halogens is 1. The van der Waals surface area contributed by atoms with Gasteiger partial charge in [-0.05, 0) is 39.2 Å². The molecular weight excluding hydrogens is 266 g/mol. The molecule has 0 fully saturated rings. The lowest BCUT2D eigenvalue weighted by Gasteiger charge is -2.18. The van der Waals surface area contributed by atoms with Crippen LogP contribution in [0.2, 0.25) is 5.02 Å². The number of aromatic nitrogens is 1. The van der Waals surface area contributed by atoms with Crippen LogP contribution < -0.4 is 5.43 Å². The molecule has 0 N–H and O–H groups in total. The monoisotopic (exact) mass is 281 g/mol. The molecular formula is C14H16ClNOS. The number of aryl methyl sites for hydroxylation is 1. The van der Waals surface area contributed by atoms with Crippen LogP contribution in [-0.4, -0.2) is 10.8 Å². The highest BCUT2D eigenvalue weighted by Gasteiger charge is 2.13. The molecule has 0 aliphatic rings. The van der Waals surface area contributed by atoms with E-state index in [9.17, 15) is 4.79 Å². The summed E-state index contributed by atoms with van der Waals surface area (Å²) >= 11 is 7.71. The van der Waals surface area contributed by atoms with Gasteiger partial charge in [0.25, 0.3) is 0 Å². The van der Waals surface area contributed by atoms with Crippen LogP contribution in [0.15, 0.2) is 28.0 Å². The predicted octanol–water partition coefficient (Wildman–Crippen LogP) is 4.27. The normalized spacial score (nSPS) is 11.4. The minimum atomic E-state index is 0.0692. The van der Waals surface area contributed by atoms with Crippen LogP contribution in [0.5, 0.6) is 0 Å². The number of rotatable bonds is 2. The van der Waals surface area contributed by atoms with Crippen molar-refractivity contribution in [3.8, 4) is 0 Å². The van der Waals surface area contributed by atoms with Crippen LogP contribution in [0, 0.1) is 6.92 Å². The van der Waals surface area contributed by atoms with Crippen molar-refractivity contribution in [3.63, 3.8) is 0 Å². The van der Waals surface area contributed by atoms with E-state index in [0.717, 1.165) is 16.0 Å². The summed E-state index contributed by atoms with van der Waals surface area (Å²) in [4.78, 5) is 13.3. The summed E-state index contributed by atoms with van der Waals surface area (Å²) in [6.07, 6.45) is 3.93. The summed E-state index contributed by atoms with van der Waals surface area (Å²) < 4.78 is 2.15. The van der Waals surface area contributed by atoms with Crippen molar-refractivity contribution in [3.05, 3.63) is 39.1 Å². The first-order valence-corrected chi connectivity index (χ1v) is 7.45. The largest absolute Gasteiger partial charge is 0.344 e. The fourth-order valence-electron chi connectivity index (χ4n) is 2.12. The van der Waals surface area contributed by atoms with Crippen LogP contribution in [-0.2, 0) is 0 Å². The number of benzene rings is 1. The lowest BCUT2D eigenvalue weighted by Crippen LogP contribution is -2.14. The molecule has 1 aromatic heterocycles. The van der Waals surface area contributed by atoms with Crippen molar-refractivity contribution < 1.29 is 0 Å². The molecule has 1 heterocycles. The van der Waals surface area contributed by atoms with Gasteiger partial charge in [0.1, 0.15) is 0 Å². The van der Waals surface area contributed by atoms with Gasteiger partial charge in [-0.2, -0.15) is 0 Å². The third-order valence-electron chi connectivity index (χ3n) is 3.01. The third kappa shape index (κ3) is 2.17. The minimum Gasteiger partial charge on any atom is -0.344 e. The van der Waals surface area contributed by atoms with E-state index < -0.39 is 0 Å². The Kier molecular flexibility index (Phi) is 3.74. The summed E-state index contributed by atoms with van der Waals surface area (Å²) in [5, 5.41) is 1.32. The second-order valence-electron chi connectivity index (χ2n) is 4.65. The van der Waals surface area contributed by atoms with E-state index in [1.807, 2.05) is 25.4 Å². The molecule has 0 radical (unpaired) electrons. The summed E-state index contributed by atoms with van der Waals surface area (Å²) in [6, 6.07) is 3.99. The van der Waals surface area contributed by atoms with Crippen LogP contribution >= 0.6 is 23.4 Å². The molecule has 2 rings (SSSR count). The predicted molar refractivity (Wildman–Crippen MR) is 80.1 cm³/mol. The Hall–Kier alpha value is -0.930. The molecule has 2 aromatic rings. The van der Waals surface area contributed by atoms with Crippen molar-refractivity contribution in [2.75, 3.05) is 6.26 Å². The van der Waals surface area contributed by atoms with Crippen LogP contribution in [0.25, 0.3) is 10.9 Å². The fourth-order valence-corrected chi connectivity index (χ4v) is 3.06. The van der Waals surface area contributed by atoms with Gasteiger partial charge in [0, 0.05) is 33.1 Å². The SMILES string of the molecule is CSc1cc(Cl)cc2c(=O)c(C)cn(C(C)C)c12. The van der Waals surface area contributed by atoms with E-state index in [-0.39, 0.29) is 5.43 Å². The number of hydrogen-bond donors (Lipinski definition) is 0. The van der Waals surface area contributed by atoms with Crippen LogP contribution in [0.4, 0.5) is 0 Å². The van der Waals surface area contributed by atoms with Crippen molar-refractivity contribution >= 4 is 34.3 Å². The lowest BCUT2D eigenvalue weighted by atomic mass is 10.1. The maximum Gasteiger partial charge on any atom is 0.192 e. The molecule has 0 aliphatic carbocycles. The molecule has 1 aromatic carbocycles. The first-order chi connectivity index (χ1) is 8.45. The number of hydrogen-bond acceptors (Lipinski definition) is 2. The molecule has 4 heteroatoms. The molecule has 0 saturated heterocycles. The molecule has 0 amide bonds. The number of pyridine rings is 1. The highest BCUT2D eigenvalue weighted by atomic mass is 35.5. The first kappa shape index (κ1) is 13.5. The van der Waals surface area contributed by atoms with Gasteiger partial charge in [0.2, 0.25) is 0 Å². The Morgan fingerprint density at radius 3 is 2.56 bits per heavy atom. The average Bonchev–Trinajstić information content (AvgIpc) is 2.32. The van der Waals surface area contributed by atoms with Gasteiger partial charge < -0.3 is 4.57 Å². The lowest BCUT2D eigenvalue weighted by molar-refractivity contribution is 0.612. The zero-order valence-corrected chi connectivity index (χ0v) is 12.5. The smallest absolute Gasteiger partial charge is 0.192 e. The first-order valence-electron chi connectivity index (χ1n) is 5.84. The zero-order chi connectivity index (χ0) is 13.4. The second kappa shape index (κ2) is 4.98. The van der Waals surface area contributed by atoms with Crippen molar-refractivity contribution in [2.45, 2.75) is 31.7 Å². The van der Waals surface area contributed by atoms with Gasteiger partial charge in [-0.1, -0.05) is 11.6 Å². The quantitative estimate of drug-likeness (QED) is 0.767. The highest BCUT2D eigenvalue weighted by Crippen LogP contribution is 2.30. The Morgan fingerprint density at radius 1 is 1.33 bits per heavy atom. The third-order valence-corrected chi connectivity index (χ3v) is 3.98. The van der Waals surface area contributed by atoms with Crippen LogP contribution in [0.1, 0.15) is 25.5 Å². The van der Waals surface area contributed by atoms with E-state index in [1.54, 1.807) is 17.8 Å². The van der Waals surface area contributed by atoms with E-state index >= 15 is 0 Å². The van der Waals surface area contributed by atoms with Crippen molar-refractivity contribution in [2.24, 2.45) is 0 Å².